The van der Waals surface area contributed by atoms with E-state index in [1.54, 1.807) is 0 Å². The molecule has 1 saturated carbocycles. The molecule has 0 heterocycles. The van der Waals surface area contributed by atoms with Crippen LogP contribution in [0.3, 0.4) is 0 Å². The molecule has 24 heavy (non-hydrogen) atoms. The molecule has 3 nitrogen and oxygen atoms in total. The molecule has 0 saturated heterocycles. The van der Waals surface area contributed by atoms with Crippen LogP contribution in [0.15, 0.2) is 48.5 Å². The Kier molecular flexibility index (Phi) is 5.43. The first kappa shape index (κ1) is 16.9. The number of ether oxygens (including phenoxy) is 1. The van der Waals surface area contributed by atoms with Crippen molar-refractivity contribution in [2.24, 2.45) is 0 Å². The number of hydrogen-bond donors (Lipinski definition) is 2. The molecule has 1 aliphatic carbocycles. The van der Waals surface area contributed by atoms with Crippen LogP contribution < -0.4 is 10.1 Å². The molecule has 0 unspecified atom stereocenters. The smallest absolute Gasteiger partial charge is 0.130 e. The molecule has 2 aromatic rings. The number of rotatable bonds is 5. The second kappa shape index (κ2) is 7.73. The van der Waals surface area contributed by atoms with Gasteiger partial charge in [-0.25, -0.2) is 8.78 Å². The molecule has 3 atom stereocenters. The van der Waals surface area contributed by atoms with Crippen LogP contribution >= 0.6 is 0 Å². The first-order chi connectivity index (χ1) is 11.6. The van der Waals surface area contributed by atoms with Gasteiger partial charge in [0.05, 0.1) is 0 Å². The quantitative estimate of drug-likeness (QED) is 0.881. The molecule has 0 radical (unpaired) electrons. The van der Waals surface area contributed by atoms with Gasteiger partial charge in [-0.05, 0) is 37.5 Å². The van der Waals surface area contributed by atoms with Crippen LogP contribution in [0, 0.1) is 11.6 Å². The lowest BCUT2D eigenvalue weighted by molar-refractivity contribution is -0.0158. The lowest BCUT2D eigenvalue weighted by atomic mass is 9.89. The standard InChI is InChI=1S/C19H21F2NO2/c20-14-10-9-13(16(21)11-14)12-22-17-7-4-8-18(19(17)23)24-15-5-2-1-3-6-15/h1-3,5-6,9-11,17-19,22-23H,4,7-8,12H2/t17-,18+,19+/m0/s1. The van der Waals surface area contributed by atoms with Gasteiger partial charge in [-0.2, -0.15) is 0 Å². The summed E-state index contributed by atoms with van der Waals surface area (Å²) in [5, 5.41) is 13.7. The van der Waals surface area contributed by atoms with Crippen LogP contribution in [0.1, 0.15) is 24.8 Å². The molecular weight excluding hydrogens is 312 g/mol. The SMILES string of the molecule is O[C@@H]1[C@@H](NCc2ccc(F)cc2F)CCC[C@H]1Oc1ccccc1. The van der Waals surface area contributed by atoms with Crippen LogP contribution in [0.4, 0.5) is 8.78 Å². The summed E-state index contributed by atoms with van der Waals surface area (Å²) in [7, 11) is 0. The van der Waals surface area contributed by atoms with Crippen molar-refractivity contribution in [2.75, 3.05) is 0 Å². The van der Waals surface area contributed by atoms with Crippen LogP contribution in [-0.4, -0.2) is 23.4 Å². The topological polar surface area (TPSA) is 41.5 Å². The van der Waals surface area contributed by atoms with Crippen molar-refractivity contribution in [3.8, 4) is 5.75 Å². The molecule has 128 valence electrons. The summed E-state index contributed by atoms with van der Waals surface area (Å²) in [6.07, 6.45) is 1.51. The second-order valence-corrected chi connectivity index (χ2v) is 6.11. The minimum Gasteiger partial charge on any atom is -0.488 e. The average molecular weight is 333 g/mol. The summed E-state index contributed by atoms with van der Waals surface area (Å²) < 4.78 is 32.5. The molecular formula is C19H21F2NO2. The van der Waals surface area contributed by atoms with Crippen molar-refractivity contribution in [2.45, 2.75) is 44.1 Å². The highest BCUT2D eigenvalue weighted by atomic mass is 19.1. The fourth-order valence-corrected chi connectivity index (χ4v) is 3.07. The molecule has 0 bridgehead atoms. The van der Waals surface area contributed by atoms with E-state index in [0.717, 1.165) is 31.1 Å². The van der Waals surface area contributed by atoms with E-state index in [1.807, 2.05) is 30.3 Å². The van der Waals surface area contributed by atoms with Gasteiger partial charge in [-0.1, -0.05) is 24.3 Å². The summed E-state index contributed by atoms with van der Waals surface area (Å²) in [6, 6.07) is 12.7. The summed E-state index contributed by atoms with van der Waals surface area (Å²) in [5.41, 5.74) is 0.384. The van der Waals surface area contributed by atoms with E-state index in [-0.39, 0.29) is 18.7 Å². The Bertz CT molecular complexity index is 666. The minimum atomic E-state index is -0.678. The number of benzene rings is 2. The average Bonchev–Trinajstić information content (AvgIpc) is 2.58. The number of nitrogens with one attached hydrogen (secondary N) is 1. The second-order valence-electron chi connectivity index (χ2n) is 6.11. The van der Waals surface area contributed by atoms with Gasteiger partial charge < -0.3 is 15.2 Å². The molecule has 1 aliphatic rings. The molecule has 0 spiro atoms. The van der Waals surface area contributed by atoms with E-state index in [2.05, 4.69) is 5.32 Å². The molecule has 2 N–H and O–H groups in total. The Morgan fingerprint density at radius 1 is 1.08 bits per heavy atom. The fraction of sp³-hybridized carbons (Fsp3) is 0.368. The Morgan fingerprint density at radius 2 is 1.88 bits per heavy atom. The third-order valence-corrected chi connectivity index (χ3v) is 4.40. The predicted molar refractivity (Wildman–Crippen MR) is 87.7 cm³/mol. The van der Waals surface area contributed by atoms with Crippen LogP contribution in [0.2, 0.25) is 0 Å². The molecule has 0 amide bonds. The largest absolute Gasteiger partial charge is 0.488 e. The first-order valence-corrected chi connectivity index (χ1v) is 8.20. The fourth-order valence-electron chi connectivity index (χ4n) is 3.07. The Hall–Kier alpha value is -1.98. The van der Waals surface area contributed by atoms with Crippen molar-refractivity contribution in [3.63, 3.8) is 0 Å². The highest BCUT2D eigenvalue weighted by Gasteiger charge is 2.33. The van der Waals surface area contributed by atoms with Crippen LogP contribution in [-0.2, 0) is 6.54 Å². The van der Waals surface area contributed by atoms with Gasteiger partial charge in [0.15, 0.2) is 0 Å². The lowest BCUT2D eigenvalue weighted by Gasteiger charge is -2.35. The van der Waals surface area contributed by atoms with E-state index in [1.165, 1.54) is 12.1 Å². The highest BCUT2D eigenvalue weighted by Crippen LogP contribution is 2.24. The van der Waals surface area contributed by atoms with E-state index >= 15 is 0 Å². The maximum atomic E-state index is 13.7. The van der Waals surface area contributed by atoms with Gasteiger partial charge >= 0.3 is 0 Å². The normalized spacial score (nSPS) is 23.9. The third-order valence-electron chi connectivity index (χ3n) is 4.40. The van der Waals surface area contributed by atoms with Gasteiger partial charge in [0.2, 0.25) is 0 Å². The van der Waals surface area contributed by atoms with E-state index in [4.69, 9.17) is 4.74 Å². The predicted octanol–water partition coefficient (Wildman–Crippen LogP) is 3.42. The molecule has 3 rings (SSSR count). The van der Waals surface area contributed by atoms with Crippen LogP contribution in [0.5, 0.6) is 5.75 Å². The number of aliphatic hydroxyl groups excluding tert-OH is 1. The highest BCUT2D eigenvalue weighted by molar-refractivity contribution is 5.22. The Balaban J connectivity index is 1.59. The zero-order chi connectivity index (χ0) is 16.9. The summed E-state index contributed by atoms with van der Waals surface area (Å²) in [4.78, 5) is 0. The van der Waals surface area contributed by atoms with Crippen molar-refractivity contribution in [1.29, 1.82) is 0 Å². The third kappa shape index (κ3) is 4.10. The number of aliphatic hydroxyl groups is 1. The number of para-hydroxylation sites is 1. The zero-order valence-corrected chi connectivity index (χ0v) is 13.3. The Morgan fingerprint density at radius 3 is 2.62 bits per heavy atom. The van der Waals surface area contributed by atoms with Gasteiger partial charge in [-0.3, -0.25) is 0 Å². The van der Waals surface area contributed by atoms with Crippen molar-refractivity contribution in [1.82, 2.24) is 5.32 Å². The van der Waals surface area contributed by atoms with Gasteiger partial charge in [0.25, 0.3) is 0 Å². The van der Waals surface area contributed by atoms with Gasteiger partial charge in [0, 0.05) is 24.2 Å². The zero-order valence-electron chi connectivity index (χ0n) is 13.3. The van der Waals surface area contributed by atoms with Gasteiger partial charge in [0.1, 0.15) is 29.6 Å². The van der Waals surface area contributed by atoms with Gasteiger partial charge in [-0.15, -0.1) is 0 Å². The van der Waals surface area contributed by atoms with E-state index < -0.39 is 17.7 Å². The van der Waals surface area contributed by atoms with Crippen molar-refractivity contribution >= 4 is 0 Å². The molecule has 0 aliphatic heterocycles. The van der Waals surface area contributed by atoms with Crippen molar-refractivity contribution < 1.29 is 18.6 Å². The van der Waals surface area contributed by atoms with Crippen molar-refractivity contribution in [3.05, 3.63) is 65.7 Å². The summed E-state index contributed by atoms with van der Waals surface area (Å²) in [6.45, 7) is 0.242. The summed E-state index contributed by atoms with van der Waals surface area (Å²) >= 11 is 0. The minimum absolute atomic E-state index is 0.183. The number of halogens is 2. The molecule has 0 aromatic heterocycles. The summed E-state index contributed by atoms with van der Waals surface area (Å²) in [5.74, 6) is -0.443. The van der Waals surface area contributed by atoms with Crippen LogP contribution in [0.25, 0.3) is 0 Å². The number of hydrogen-bond acceptors (Lipinski definition) is 3. The molecule has 5 heteroatoms. The lowest BCUT2D eigenvalue weighted by Crippen LogP contribution is -2.51. The molecule has 1 fully saturated rings. The van der Waals surface area contributed by atoms with E-state index in [0.29, 0.717) is 5.56 Å². The maximum Gasteiger partial charge on any atom is 0.130 e. The van der Waals surface area contributed by atoms with E-state index in [9.17, 15) is 13.9 Å². The maximum absolute atomic E-state index is 13.7. The first-order valence-electron chi connectivity index (χ1n) is 8.20. The molecule has 2 aromatic carbocycles. The monoisotopic (exact) mass is 333 g/mol. The Labute approximate surface area is 140 Å².